The van der Waals surface area contributed by atoms with Crippen LogP contribution in [0, 0.1) is 0 Å². The monoisotopic (exact) mass is 444 g/mol. The molecule has 2 aromatic carbocycles. The molecule has 0 aliphatic heterocycles. The van der Waals surface area contributed by atoms with Crippen LogP contribution in [0.25, 0.3) is 0 Å². The summed E-state index contributed by atoms with van der Waals surface area (Å²) in [4.78, 5) is 12.3. The van der Waals surface area contributed by atoms with E-state index in [1.165, 1.54) is 20.4 Å². The molecule has 0 aromatic heterocycles. The third kappa shape index (κ3) is 7.37. The highest BCUT2D eigenvalue weighted by molar-refractivity contribution is 5.87. The van der Waals surface area contributed by atoms with E-state index < -0.39 is 6.10 Å². The molecule has 1 atom stereocenters. The molecule has 174 valence electrons. The van der Waals surface area contributed by atoms with E-state index in [1.807, 2.05) is 12.1 Å². The van der Waals surface area contributed by atoms with Gasteiger partial charge in [0.1, 0.15) is 17.2 Å². The number of amides is 1. The van der Waals surface area contributed by atoms with Crippen molar-refractivity contribution in [1.82, 2.24) is 5.43 Å². The number of carbonyl (C=O) groups is 1. The van der Waals surface area contributed by atoms with Gasteiger partial charge in [0.25, 0.3) is 5.91 Å². The second-order valence-electron chi connectivity index (χ2n) is 6.97. The van der Waals surface area contributed by atoms with Crippen molar-refractivity contribution in [1.29, 1.82) is 0 Å². The molecule has 0 aliphatic rings. The molecule has 8 heteroatoms. The highest BCUT2D eigenvalue weighted by Crippen LogP contribution is 2.33. The van der Waals surface area contributed by atoms with Crippen molar-refractivity contribution in [3.63, 3.8) is 0 Å². The molecule has 2 aromatic rings. The fraction of sp³-hybridized carbons (Fsp3) is 0.417. The molecule has 0 heterocycles. The number of hydrazone groups is 1. The van der Waals surface area contributed by atoms with Gasteiger partial charge in [0.05, 0.1) is 34.2 Å². The third-order valence-electron chi connectivity index (χ3n) is 4.64. The van der Waals surface area contributed by atoms with Gasteiger partial charge in [-0.2, -0.15) is 5.10 Å². The highest BCUT2D eigenvalue weighted by atomic mass is 16.5. The number of hydrogen-bond acceptors (Lipinski definition) is 7. The van der Waals surface area contributed by atoms with Crippen molar-refractivity contribution in [3.05, 3.63) is 42.0 Å². The first-order valence-electron chi connectivity index (χ1n) is 10.5. The van der Waals surface area contributed by atoms with Gasteiger partial charge in [0, 0.05) is 11.6 Å². The predicted octanol–water partition coefficient (Wildman–Crippen LogP) is 4.20. The van der Waals surface area contributed by atoms with Gasteiger partial charge in [0.15, 0.2) is 17.6 Å². The Morgan fingerprint density at radius 2 is 1.59 bits per heavy atom. The molecule has 8 nitrogen and oxygen atoms in total. The number of nitrogens with one attached hydrogen (secondary N) is 1. The molecular formula is C24H32N2O6. The first kappa shape index (κ1) is 24.8. The SMILES string of the molecule is CCCCCOc1ccc(O[C@@H](C)C(=O)N/N=C\c2cc(OC)c(OC)cc2OC)cc1. The Bertz CT molecular complexity index is 883. The number of nitrogens with zero attached hydrogens (tertiary/aromatic N) is 1. The van der Waals surface area contributed by atoms with Gasteiger partial charge in [-0.25, -0.2) is 5.43 Å². The molecule has 0 aliphatic carbocycles. The van der Waals surface area contributed by atoms with Crippen molar-refractivity contribution < 1.29 is 28.5 Å². The van der Waals surface area contributed by atoms with Crippen LogP contribution in [0.4, 0.5) is 0 Å². The van der Waals surface area contributed by atoms with Crippen LogP contribution in [0.3, 0.4) is 0 Å². The number of benzene rings is 2. The Morgan fingerprint density at radius 1 is 0.969 bits per heavy atom. The molecule has 2 rings (SSSR count). The van der Waals surface area contributed by atoms with Crippen molar-refractivity contribution in [2.45, 2.75) is 39.2 Å². The minimum atomic E-state index is -0.740. The maximum Gasteiger partial charge on any atom is 0.280 e. The Balaban J connectivity index is 1.91. The van der Waals surface area contributed by atoms with E-state index in [0.717, 1.165) is 25.0 Å². The smallest absolute Gasteiger partial charge is 0.280 e. The Kier molecular flexibility index (Phi) is 10.2. The van der Waals surface area contributed by atoms with E-state index in [9.17, 15) is 4.79 Å². The van der Waals surface area contributed by atoms with Crippen LogP contribution < -0.4 is 29.1 Å². The molecule has 0 unspecified atom stereocenters. The molecule has 1 amide bonds. The van der Waals surface area contributed by atoms with Crippen LogP contribution in [0.2, 0.25) is 0 Å². The lowest BCUT2D eigenvalue weighted by Crippen LogP contribution is -2.33. The Morgan fingerprint density at radius 3 is 2.22 bits per heavy atom. The zero-order chi connectivity index (χ0) is 23.3. The van der Waals surface area contributed by atoms with E-state index in [0.29, 0.717) is 35.2 Å². The van der Waals surface area contributed by atoms with E-state index in [-0.39, 0.29) is 5.91 Å². The van der Waals surface area contributed by atoms with Gasteiger partial charge in [-0.15, -0.1) is 0 Å². The van der Waals surface area contributed by atoms with Crippen LogP contribution in [0.15, 0.2) is 41.5 Å². The molecule has 0 saturated carbocycles. The van der Waals surface area contributed by atoms with Crippen LogP contribution in [-0.2, 0) is 4.79 Å². The maximum atomic E-state index is 12.3. The fourth-order valence-electron chi connectivity index (χ4n) is 2.82. The van der Waals surface area contributed by atoms with Gasteiger partial charge in [-0.05, 0) is 43.7 Å². The van der Waals surface area contributed by atoms with Crippen LogP contribution in [-0.4, -0.2) is 46.2 Å². The topological polar surface area (TPSA) is 87.6 Å². The fourth-order valence-corrected chi connectivity index (χ4v) is 2.82. The summed E-state index contributed by atoms with van der Waals surface area (Å²) in [6.07, 6.45) is 4.06. The van der Waals surface area contributed by atoms with Gasteiger partial charge < -0.3 is 23.7 Å². The van der Waals surface area contributed by atoms with Crippen molar-refractivity contribution in [2.24, 2.45) is 5.10 Å². The number of unbranched alkanes of at least 4 members (excludes halogenated alkanes) is 2. The zero-order valence-electron chi connectivity index (χ0n) is 19.3. The summed E-state index contributed by atoms with van der Waals surface area (Å²) in [6.45, 7) is 4.49. The molecule has 0 fully saturated rings. The van der Waals surface area contributed by atoms with Crippen LogP contribution >= 0.6 is 0 Å². The van der Waals surface area contributed by atoms with Gasteiger partial charge in [-0.1, -0.05) is 19.8 Å². The normalized spacial score (nSPS) is 11.7. The van der Waals surface area contributed by atoms with E-state index in [4.69, 9.17) is 23.7 Å². The number of carbonyl (C=O) groups excluding carboxylic acids is 1. The molecule has 0 bridgehead atoms. The van der Waals surface area contributed by atoms with Crippen LogP contribution in [0.5, 0.6) is 28.7 Å². The minimum absolute atomic E-state index is 0.388. The van der Waals surface area contributed by atoms with Gasteiger partial charge >= 0.3 is 0 Å². The number of methoxy groups -OCH3 is 3. The maximum absolute atomic E-state index is 12.3. The van der Waals surface area contributed by atoms with Crippen LogP contribution in [0.1, 0.15) is 38.7 Å². The summed E-state index contributed by atoms with van der Waals surface area (Å²) < 4.78 is 27.3. The number of rotatable bonds is 13. The molecule has 0 saturated heterocycles. The van der Waals surface area contributed by atoms with E-state index in [2.05, 4.69) is 17.5 Å². The minimum Gasteiger partial charge on any atom is -0.496 e. The summed E-state index contributed by atoms with van der Waals surface area (Å²) in [7, 11) is 4.62. The lowest BCUT2D eigenvalue weighted by Gasteiger charge is -2.14. The van der Waals surface area contributed by atoms with Crippen molar-refractivity contribution >= 4 is 12.1 Å². The molecule has 32 heavy (non-hydrogen) atoms. The van der Waals surface area contributed by atoms with E-state index in [1.54, 1.807) is 38.3 Å². The number of ether oxygens (including phenoxy) is 5. The lowest BCUT2D eigenvalue weighted by molar-refractivity contribution is -0.127. The highest BCUT2D eigenvalue weighted by Gasteiger charge is 2.15. The third-order valence-corrected chi connectivity index (χ3v) is 4.64. The summed E-state index contributed by atoms with van der Waals surface area (Å²) in [5.41, 5.74) is 3.09. The molecule has 0 radical (unpaired) electrons. The first-order chi connectivity index (χ1) is 15.5. The van der Waals surface area contributed by atoms with Gasteiger partial charge in [0.2, 0.25) is 0 Å². The average Bonchev–Trinajstić information content (AvgIpc) is 2.82. The quantitative estimate of drug-likeness (QED) is 0.283. The summed E-state index contributed by atoms with van der Waals surface area (Å²) in [5.74, 6) is 2.54. The first-order valence-corrected chi connectivity index (χ1v) is 10.5. The Labute approximate surface area is 189 Å². The second-order valence-corrected chi connectivity index (χ2v) is 6.97. The average molecular weight is 445 g/mol. The number of hydrogen-bond donors (Lipinski definition) is 1. The van der Waals surface area contributed by atoms with Crippen molar-refractivity contribution in [3.8, 4) is 28.7 Å². The second kappa shape index (κ2) is 13.1. The lowest BCUT2D eigenvalue weighted by atomic mass is 10.2. The standard InChI is InChI=1S/C24H32N2O6/c1-6-7-8-13-31-19-9-11-20(12-10-19)32-17(2)24(27)26-25-16-18-14-22(29-4)23(30-5)15-21(18)28-3/h9-12,14-17H,6-8,13H2,1-5H3,(H,26,27)/b25-16-/t17-/m0/s1. The predicted molar refractivity (Wildman–Crippen MR) is 123 cm³/mol. The van der Waals surface area contributed by atoms with Crippen molar-refractivity contribution in [2.75, 3.05) is 27.9 Å². The summed E-state index contributed by atoms with van der Waals surface area (Å²) in [5, 5.41) is 4.01. The Hall–Kier alpha value is -3.42. The largest absolute Gasteiger partial charge is 0.496 e. The molecule has 1 N–H and O–H groups in total. The summed E-state index contributed by atoms with van der Waals surface area (Å²) >= 11 is 0. The molecular weight excluding hydrogens is 412 g/mol. The zero-order valence-corrected chi connectivity index (χ0v) is 19.3. The summed E-state index contributed by atoms with van der Waals surface area (Å²) in [6, 6.07) is 10.6. The molecule has 0 spiro atoms. The van der Waals surface area contributed by atoms with Gasteiger partial charge in [-0.3, -0.25) is 4.79 Å². The van der Waals surface area contributed by atoms with E-state index >= 15 is 0 Å².